The molecule has 6 heterocycles. The first-order chi connectivity index (χ1) is 19.6. The fourth-order valence-corrected chi connectivity index (χ4v) is 6.10. The van der Waals surface area contributed by atoms with Gasteiger partial charge in [-0.2, -0.15) is 10.4 Å². The third-order valence-electron chi connectivity index (χ3n) is 8.75. The van der Waals surface area contributed by atoms with Crippen LogP contribution in [0.15, 0.2) is 36.8 Å². The van der Waals surface area contributed by atoms with Crippen LogP contribution in [0.4, 0.5) is 4.39 Å². The first-order valence-electron chi connectivity index (χ1n) is 14.0. The highest BCUT2D eigenvalue weighted by Crippen LogP contribution is 2.42. The number of rotatable bonds is 7. The molecule has 1 saturated carbocycles. The number of pyridine rings is 2. The van der Waals surface area contributed by atoms with Crippen molar-refractivity contribution in [3.8, 4) is 23.1 Å². The molecule has 0 unspecified atom stereocenters. The average Bonchev–Trinajstić information content (AvgIpc) is 3.50. The maximum Gasteiger partial charge on any atom is 0.148 e. The number of nitriles is 1. The number of ether oxygens (including phenoxy) is 2. The summed E-state index contributed by atoms with van der Waals surface area (Å²) in [5, 5.41) is 23.4. The van der Waals surface area contributed by atoms with Gasteiger partial charge in [0.2, 0.25) is 0 Å². The van der Waals surface area contributed by atoms with Crippen LogP contribution in [0, 0.1) is 30.0 Å². The lowest BCUT2D eigenvalue weighted by molar-refractivity contribution is -0.0735. The average molecular weight is 543 g/mol. The summed E-state index contributed by atoms with van der Waals surface area (Å²) in [6.45, 7) is 5.78. The summed E-state index contributed by atoms with van der Waals surface area (Å²) in [6.07, 6.45) is 9.45. The second-order valence-electron chi connectivity index (χ2n) is 11.1. The van der Waals surface area contributed by atoms with Crippen molar-refractivity contribution < 1.29 is 13.9 Å². The Bertz CT molecular complexity index is 1560. The summed E-state index contributed by atoms with van der Waals surface area (Å²) in [5.74, 6) is 0.402. The van der Waals surface area contributed by atoms with Gasteiger partial charge >= 0.3 is 0 Å². The van der Waals surface area contributed by atoms with Gasteiger partial charge in [0.25, 0.3) is 0 Å². The number of halogens is 1. The number of hydrogen-bond donors (Lipinski definition) is 0. The van der Waals surface area contributed by atoms with Gasteiger partial charge in [0, 0.05) is 30.8 Å². The molecular formula is C29H31FN8O2. The molecule has 40 heavy (non-hydrogen) atoms. The van der Waals surface area contributed by atoms with Gasteiger partial charge in [0.15, 0.2) is 0 Å². The maximum absolute atomic E-state index is 13.7. The summed E-state index contributed by atoms with van der Waals surface area (Å²) in [5.41, 5.74) is 4.24. The van der Waals surface area contributed by atoms with E-state index in [4.69, 9.17) is 9.47 Å². The molecule has 4 aromatic rings. The predicted octanol–water partition coefficient (Wildman–Crippen LogP) is 4.26. The molecule has 3 fully saturated rings. The maximum atomic E-state index is 13.7. The van der Waals surface area contributed by atoms with Crippen LogP contribution in [0.1, 0.15) is 61.2 Å². The Kier molecular flexibility index (Phi) is 6.44. The van der Waals surface area contributed by atoms with Gasteiger partial charge in [-0.15, -0.1) is 5.10 Å². The first-order valence-corrected chi connectivity index (χ1v) is 14.0. The highest BCUT2D eigenvalue weighted by molar-refractivity contribution is 5.74. The fourth-order valence-electron chi connectivity index (χ4n) is 6.10. The van der Waals surface area contributed by atoms with E-state index in [2.05, 4.69) is 43.0 Å². The molecule has 0 spiro atoms. The third-order valence-corrected chi connectivity index (χ3v) is 8.75. The Morgan fingerprint density at radius 1 is 1.12 bits per heavy atom. The standard InChI is InChI=1S/C29H31FN8O2/c1-18-27(34-35-38(18)23-7-9-36(10-8-23)24-16-39-17-24)20-11-26(28-21(12-31)13-33-37(28)15-20)40-29(19-3-2-4-19)25-6-5-22(30)14-32-25/h5-6,11,13-15,19,23-24,29H,2-4,7-10,16-17H2,1H3/t29-/m0/s1. The molecule has 11 heteroatoms. The second kappa shape index (κ2) is 10.3. The van der Waals surface area contributed by atoms with Crippen LogP contribution in [-0.2, 0) is 4.74 Å². The predicted molar refractivity (Wildman–Crippen MR) is 143 cm³/mol. The first kappa shape index (κ1) is 25.1. The minimum Gasteiger partial charge on any atom is -0.481 e. The van der Waals surface area contributed by atoms with Crippen molar-refractivity contribution in [1.82, 2.24) is 34.5 Å². The number of nitrogens with zero attached hydrogens (tertiary/aromatic N) is 8. The van der Waals surface area contributed by atoms with Gasteiger partial charge in [-0.3, -0.25) is 9.88 Å². The molecule has 2 aliphatic heterocycles. The Labute approximate surface area is 231 Å². The monoisotopic (exact) mass is 542 g/mol. The van der Waals surface area contributed by atoms with Crippen molar-refractivity contribution in [2.75, 3.05) is 26.3 Å². The lowest BCUT2D eigenvalue weighted by atomic mass is 9.80. The zero-order valence-electron chi connectivity index (χ0n) is 22.4. The molecular weight excluding hydrogens is 511 g/mol. The van der Waals surface area contributed by atoms with Gasteiger partial charge in [0.1, 0.15) is 40.5 Å². The highest BCUT2D eigenvalue weighted by Gasteiger charge is 2.33. The van der Waals surface area contributed by atoms with Crippen LogP contribution in [0.2, 0.25) is 0 Å². The zero-order valence-corrected chi connectivity index (χ0v) is 22.4. The fraction of sp³-hybridized carbons (Fsp3) is 0.483. The number of hydrogen-bond acceptors (Lipinski definition) is 8. The van der Waals surface area contributed by atoms with E-state index in [1.165, 1.54) is 12.3 Å². The lowest BCUT2D eigenvalue weighted by Crippen LogP contribution is -2.52. The van der Waals surface area contributed by atoms with Crippen molar-refractivity contribution in [3.63, 3.8) is 0 Å². The number of likely N-dealkylation sites (tertiary alicyclic amines) is 1. The summed E-state index contributed by atoms with van der Waals surface area (Å²) < 4.78 is 29.4. The zero-order chi connectivity index (χ0) is 27.2. The molecule has 2 saturated heterocycles. The SMILES string of the molecule is Cc1c(-c2cc(O[C@H](c3ccc(F)cn3)C3CCC3)c3c(C#N)cnn3c2)nnn1C1CCN(C2COC2)CC1. The third kappa shape index (κ3) is 4.41. The van der Waals surface area contributed by atoms with Crippen LogP contribution < -0.4 is 4.74 Å². The molecule has 0 aromatic carbocycles. The van der Waals surface area contributed by atoms with Gasteiger partial charge in [-0.1, -0.05) is 11.6 Å². The molecule has 1 aliphatic carbocycles. The summed E-state index contributed by atoms with van der Waals surface area (Å²) in [6, 6.07) is 8.10. The lowest BCUT2D eigenvalue weighted by Gasteiger charge is -2.41. The van der Waals surface area contributed by atoms with Crippen molar-refractivity contribution in [3.05, 3.63) is 59.6 Å². The van der Waals surface area contributed by atoms with E-state index in [-0.39, 0.29) is 17.8 Å². The smallest absolute Gasteiger partial charge is 0.148 e. The molecule has 206 valence electrons. The van der Waals surface area contributed by atoms with Crippen LogP contribution in [0.5, 0.6) is 5.75 Å². The Balaban J connectivity index is 1.22. The van der Waals surface area contributed by atoms with Crippen LogP contribution >= 0.6 is 0 Å². The van der Waals surface area contributed by atoms with E-state index in [1.807, 2.05) is 12.3 Å². The Hall–Kier alpha value is -3.88. The van der Waals surface area contributed by atoms with Crippen molar-refractivity contribution in [1.29, 1.82) is 5.26 Å². The van der Waals surface area contributed by atoms with Crippen molar-refractivity contribution >= 4 is 5.52 Å². The van der Waals surface area contributed by atoms with Crippen LogP contribution in [0.3, 0.4) is 0 Å². The quantitative estimate of drug-likeness (QED) is 0.341. The topological polar surface area (TPSA) is 106 Å². The van der Waals surface area contributed by atoms with E-state index in [0.717, 1.165) is 75.4 Å². The number of fused-ring (bicyclic) bond motifs is 1. The van der Waals surface area contributed by atoms with Crippen LogP contribution in [-0.4, -0.2) is 66.8 Å². The van der Waals surface area contributed by atoms with E-state index in [1.54, 1.807) is 16.8 Å². The number of piperidine rings is 1. The van der Waals surface area contributed by atoms with E-state index in [9.17, 15) is 9.65 Å². The Morgan fingerprint density at radius 2 is 1.95 bits per heavy atom. The van der Waals surface area contributed by atoms with Gasteiger partial charge < -0.3 is 9.47 Å². The second-order valence-corrected chi connectivity index (χ2v) is 11.1. The summed E-state index contributed by atoms with van der Waals surface area (Å²) >= 11 is 0. The molecule has 4 aromatic heterocycles. The van der Waals surface area contributed by atoms with E-state index in [0.29, 0.717) is 34.6 Å². The highest BCUT2D eigenvalue weighted by atomic mass is 19.1. The normalized spacial score (nSPS) is 19.7. The van der Waals surface area contributed by atoms with Crippen molar-refractivity contribution in [2.24, 2.45) is 5.92 Å². The molecule has 0 N–H and O–H groups in total. The molecule has 10 nitrogen and oxygen atoms in total. The Morgan fingerprint density at radius 3 is 2.60 bits per heavy atom. The van der Waals surface area contributed by atoms with Gasteiger partial charge in [-0.05, 0) is 50.8 Å². The molecule has 0 amide bonds. The minimum atomic E-state index is -0.385. The number of aromatic nitrogens is 6. The van der Waals surface area contributed by atoms with Gasteiger partial charge in [-0.25, -0.2) is 13.6 Å². The molecule has 7 rings (SSSR count). The van der Waals surface area contributed by atoms with E-state index >= 15 is 0 Å². The van der Waals surface area contributed by atoms with Crippen LogP contribution in [0.25, 0.3) is 16.8 Å². The largest absolute Gasteiger partial charge is 0.481 e. The summed E-state index contributed by atoms with van der Waals surface area (Å²) in [4.78, 5) is 6.86. The molecule has 1 atom stereocenters. The van der Waals surface area contributed by atoms with E-state index < -0.39 is 0 Å². The van der Waals surface area contributed by atoms with Crippen molar-refractivity contribution in [2.45, 2.75) is 57.2 Å². The molecule has 0 radical (unpaired) electrons. The molecule has 3 aliphatic rings. The minimum absolute atomic E-state index is 0.259. The summed E-state index contributed by atoms with van der Waals surface area (Å²) in [7, 11) is 0. The molecule has 0 bridgehead atoms. The van der Waals surface area contributed by atoms with Gasteiger partial charge in [0.05, 0.1) is 49.1 Å².